The fraction of sp³-hybridized carbons (Fsp3) is 1.00. The number of methoxy groups -OCH3 is 1. The molecule has 0 radical (unpaired) electrons. The molecule has 0 aromatic rings. The van der Waals surface area contributed by atoms with Crippen LogP contribution in [0, 0.1) is 0 Å². The molecule has 2 atom stereocenters. The Labute approximate surface area is 72.4 Å². The van der Waals surface area contributed by atoms with E-state index < -0.39 is 9.84 Å². The van der Waals surface area contributed by atoms with Gasteiger partial charge in [-0.1, -0.05) is 0 Å². The van der Waals surface area contributed by atoms with E-state index >= 15 is 0 Å². The van der Waals surface area contributed by atoms with E-state index in [1.165, 1.54) is 7.11 Å². The summed E-state index contributed by atoms with van der Waals surface area (Å²) in [7, 11) is -1.43. The Bertz CT molecular complexity index is 216. The highest BCUT2D eigenvalue weighted by Crippen LogP contribution is 2.12. The average Bonchev–Trinajstić information content (AvgIpc) is 2.05. The van der Waals surface area contributed by atoms with E-state index in [1.807, 2.05) is 0 Å². The van der Waals surface area contributed by atoms with Crippen LogP contribution in [0.25, 0.3) is 0 Å². The van der Waals surface area contributed by atoms with Crippen molar-refractivity contribution in [3.8, 4) is 0 Å². The maximum Gasteiger partial charge on any atom is 0.154 e. The van der Waals surface area contributed by atoms with Crippen LogP contribution in [0.1, 0.15) is 0 Å². The third-order valence-corrected chi connectivity index (χ3v) is 3.37. The average molecular weight is 202 g/mol. The van der Waals surface area contributed by atoms with Crippen LogP contribution in [0.15, 0.2) is 0 Å². The molecule has 0 aliphatic carbocycles. The molecule has 1 fully saturated rings. The van der Waals surface area contributed by atoms with Gasteiger partial charge in [-0.15, -0.1) is 12.4 Å². The second-order valence-corrected chi connectivity index (χ2v) is 4.67. The Morgan fingerprint density at radius 2 is 2.00 bits per heavy atom. The minimum atomic E-state index is -2.91. The van der Waals surface area contributed by atoms with Gasteiger partial charge in [0.2, 0.25) is 0 Å². The SMILES string of the molecule is COC1CS(=O)(=O)CC1N.Cl. The van der Waals surface area contributed by atoms with Gasteiger partial charge < -0.3 is 10.5 Å². The topological polar surface area (TPSA) is 69.4 Å². The first-order valence-electron chi connectivity index (χ1n) is 3.04. The molecule has 0 spiro atoms. The monoisotopic (exact) mass is 201 g/mol. The number of hydrogen-bond donors (Lipinski definition) is 1. The van der Waals surface area contributed by atoms with Crippen LogP contribution in [0.3, 0.4) is 0 Å². The molecule has 1 aliphatic rings. The highest BCUT2D eigenvalue weighted by Gasteiger charge is 2.34. The van der Waals surface area contributed by atoms with Crippen LogP contribution in [-0.2, 0) is 14.6 Å². The maximum absolute atomic E-state index is 10.9. The number of sulfone groups is 1. The molecule has 1 saturated heterocycles. The molecule has 0 aromatic heterocycles. The first-order chi connectivity index (χ1) is 4.55. The summed E-state index contributed by atoms with van der Waals surface area (Å²) in [5.74, 6) is 0.135. The number of hydrogen-bond acceptors (Lipinski definition) is 4. The molecule has 0 bridgehead atoms. The number of rotatable bonds is 1. The van der Waals surface area contributed by atoms with Gasteiger partial charge in [-0.05, 0) is 0 Å². The molecule has 1 aliphatic heterocycles. The van der Waals surface area contributed by atoms with Gasteiger partial charge in [0, 0.05) is 13.2 Å². The molecule has 1 rings (SSSR count). The van der Waals surface area contributed by atoms with Crippen molar-refractivity contribution in [3.63, 3.8) is 0 Å². The lowest BCUT2D eigenvalue weighted by Crippen LogP contribution is -2.34. The molecular weight excluding hydrogens is 190 g/mol. The molecule has 4 nitrogen and oxygen atoms in total. The van der Waals surface area contributed by atoms with E-state index in [2.05, 4.69) is 0 Å². The van der Waals surface area contributed by atoms with Crippen LogP contribution >= 0.6 is 12.4 Å². The zero-order chi connectivity index (χ0) is 7.78. The lowest BCUT2D eigenvalue weighted by Gasteiger charge is -2.09. The van der Waals surface area contributed by atoms with Crippen LogP contribution < -0.4 is 5.73 Å². The zero-order valence-electron chi connectivity index (χ0n) is 6.19. The van der Waals surface area contributed by atoms with Gasteiger partial charge in [-0.3, -0.25) is 0 Å². The number of ether oxygens (including phenoxy) is 1. The van der Waals surface area contributed by atoms with E-state index in [-0.39, 0.29) is 36.1 Å². The summed E-state index contributed by atoms with van der Waals surface area (Å²) in [6.45, 7) is 0. The summed E-state index contributed by atoms with van der Waals surface area (Å²) in [5.41, 5.74) is 5.46. The largest absolute Gasteiger partial charge is 0.379 e. The molecule has 0 saturated carbocycles. The van der Waals surface area contributed by atoms with E-state index in [9.17, 15) is 8.42 Å². The van der Waals surface area contributed by atoms with Crippen molar-refractivity contribution < 1.29 is 13.2 Å². The van der Waals surface area contributed by atoms with Gasteiger partial charge in [-0.2, -0.15) is 0 Å². The lowest BCUT2D eigenvalue weighted by molar-refractivity contribution is 0.110. The Morgan fingerprint density at radius 1 is 1.45 bits per heavy atom. The molecule has 1 heterocycles. The van der Waals surface area contributed by atoms with Gasteiger partial charge in [0.1, 0.15) is 0 Å². The number of halogens is 1. The molecule has 68 valence electrons. The normalized spacial score (nSPS) is 34.7. The summed E-state index contributed by atoms with van der Waals surface area (Å²) < 4.78 is 26.6. The third kappa shape index (κ3) is 2.59. The van der Waals surface area contributed by atoms with Gasteiger partial charge in [0.15, 0.2) is 9.84 Å². The van der Waals surface area contributed by atoms with E-state index in [4.69, 9.17) is 10.5 Å². The van der Waals surface area contributed by atoms with Gasteiger partial charge in [-0.25, -0.2) is 8.42 Å². The lowest BCUT2D eigenvalue weighted by atomic mass is 10.2. The molecular formula is C5H12ClNO3S. The quantitative estimate of drug-likeness (QED) is 0.602. The zero-order valence-corrected chi connectivity index (χ0v) is 7.82. The van der Waals surface area contributed by atoms with Gasteiger partial charge in [0.25, 0.3) is 0 Å². The Hall–Kier alpha value is 0.160. The van der Waals surface area contributed by atoms with Crippen molar-refractivity contribution in [2.45, 2.75) is 12.1 Å². The van der Waals surface area contributed by atoms with Crippen LogP contribution in [0.2, 0.25) is 0 Å². The summed E-state index contributed by atoms with van der Waals surface area (Å²) >= 11 is 0. The molecule has 0 amide bonds. The van der Waals surface area contributed by atoms with Crippen molar-refractivity contribution in [2.24, 2.45) is 5.73 Å². The highest BCUT2D eigenvalue weighted by molar-refractivity contribution is 7.91. The summed E-state index contributed by atoms with van der Waals surface area (Å²) in [5, 5.41) is 0. The van der Waals surface area contributed by atoms with Gasteiger partial charge >= 0.3 is 0 Å². The van der Waals surface area contributed by atoms with Crippen molar-refractivity contribution in [3.05, 3.63) is 0 Å². The second-order valence-electron chi connectivity index (χ2n) is 2.51. The highest BCUT2D eigenvalue weighted by atomic mass is 35.5. The molecule has 2 unspecified atom stereocenters. The van der Waals surface area contributed by atoms with Crippen molar-refractivity contribution in [1.29, 1.82) is 0 Å². The van der Waals surface area contributed by atoms with E-state index in [0.717, 1.165) is 0 Å². The maximum atomic E-state index is 10.9. The standard InChI is InChI=1S/C5H11NO3S.ClH/c1-9-5-3-10(7,8)2-4(5)6;/h4-5H,2-3,6H2,1H3;1H. The van der Waals surface area contributed by atoms with Crippen molar-refractivity contribution in [2.75, 3.05) is 18.6 Å². The minimum Gasteiger partial charge on any atom is -0.379 e. The summed E-state index contributed by atoms with van der Waals surface area (Å²) in [4.78, 5) is 0. The first kappa shape index (κ1) is 11.2. The summed E-state index contributed by atoms with van der Waals surface area (Å²) in [6.07, 6.45) is -0.301. The Morgan fingerprint density at radius 3 is 2.18 bits per heavy atom. The predicted molar refractivity (Wildman–Crippen MR) is 44.7 cm³/mol. The second kappa shape index (κ2) is 3.71. The van der Waals surface area contributed by atoms with Crippen LogP contribution in [-0.4, -0.2) is 39.2 Å². The van der Waals surface area contributed by atoms with Crippen LogP contribution in [0.4, 0.5) is 0 Å². The molecule has 2 N–H and O–H groups in total. The van der Waals surface area contributed by atoms with E-state index in [0.29, 0.717) is 0 Å². The summed E-state index contributed by atoms with van der Waals surface area (Å²) in [6, 6.07) is -0.338. The minimum absolute atomic E-state index is 0. The Balaban J connectivity index is 0.000001000. The predicted octanol–water partition coefficient (Wildman–Crippen LogP) is -0.821. The molecule has 11 heavy (non-hydrogen) atoms. The smallest absolute Gasteiger partial charge is 0.154 e. The molecule has 6 heteroatoms. The third-order valence-electron chi connectivity index (χ3n) is 1.64. The van der Waals surface area contributed by atoms with Crippen LogP contribution in [0.5, 0.6) is 0 Å². The Kier molecular flexibility index (Phi) is 3.76. The van der Waals surface area contributed by atoms with Crippen molar-refractivity contribution in [1.82, 2.24) is 0 Å². The fourth-order valence-electron chi connectivity index (χ4n) is 1.09. The van der Waals surface area contributed by atoms with Crippen molar-refractivity contribution >= 4 is 22.2 Å². The van der Waals surface area contributed by atoms with E-state index in [1.54, 1.807) is 0 Å². The molecule has 0 aromatic carbocycles. The first-order valence-corrected chi connectivity index (χ1v) is 4.86. The fourth-order valence-corrected chi connectivity index (χ4v) is 2.91. The van der Waals surface area contributed by atoms with Gasteiger partial charge in [0.05, 0.1) is 17.6 Å². The number of nitrogens with two attached hydrogens (primary N) is 1.